The Labute approximate surface area is 175 Å². The number of carbonyl (C=O) groups is 2. The van der Waals surface area contributed by atoms with E-state index in [1.165, 1.54) is 19.1 Å². The van der Waals surface area contributed by atoms with Gasteiger partial charge in [0.25, 0.3) is 0 Å². The number of halogens is 1. The maximum Gasteiger partial charge on any atom is 0.339 e. The molecule has 156 valence electrons. The number of carbonyl (C=O) groups excluding carboxylic acids is 2. The normalized spacial score (nSPS) is 11.5. The Kier molecular flexibility index (Phi) is 8.34. The fourth-order valence-electron chi connectivity index (χ4n) is 2.64. The third-order valence-corrected chi connectivity index (χ3v) is 4.18. The van der Waals surface area contributed by atoms with Crippen LogP contribution in [0.5, 0.6) is 17.2 Å². The molecular weight excluding hydrogens is 396 g/mol. The van der Waals surface area contributed by atoms with Crippen molar-refractivity contribution in [3.63, 3.8) is 0 Å². The largest absolute Gasteiger partial charge is 0.490 e. The summed E-state index contributed by atoms with van der Waals surface area (Å²) < 4.78 is 22.2. The number of ketones is 1. The number of rotatable bonds is 10. The summed E-state index contributed by atoms with van der Waals surface area (Å²) in [4.78, 5) is 25.2. The average Bonchev–Trinajstić information content (AvgIpc) is 2.70. The van der Waals surface area contributed by atoms with Crippen LogP contribution in [0.25, 0.3) is 0 Å². The summed E-state index contributed by atoms with van der Waals surface area (Å²) >= 11 is 5.85. The summed E-state index contributed by atoms with van der Waals surface area (Å²) in [5, 5.41) is 0.521. The molecule has 2 aromatic rings. The summed E-state index contributed by atoms with van der Waals surface area (Å²) in [6.45, 7) is 8.21. The van der Waals surface area contributed by atoms with E-state index in [0.29, 0.717) is 47.7 Å². The van der Waals surface area contributed by atoms with Gasteiger partial charge in [0.15, 0.2) is 17.6 Å². The number of hydrogen-bond donors (Lipinski definition) is 0. The molecule has 0 aliphatic heterocycles. The lowest BCUT2D eigenvalue weighted by molar-refractivity contribution is 0.0318. The zero-order chi connectivity index (χ0) is 21.4. The van der Waals surface area contributed by atoms with Crippen molar-refractivity contribution in [2.24, 2.45) is 0 Å². The number of Topliss-reactive ketones (excluding diaryl/α,β-unsaturated/α-hetero) is 1. The highest BCUT2D eigenvalue weighted by molar-refractivity contribution is 6.30. The monoisotopic (exact) mass is 420 g/mol. The van der Waals surface area contributed by atoms with Crippen LogP contribution in [0, 0.1) is 0 Å². The lowest BCUT2D eigenvalue weighted by atomic mass is 10.1. The second kappa shape index (κ2) is 10.7. The number of esters is 1. The van der Waals surface area contributed by atoms with Gasteiger partial charge in [-0.15, -0.1) is 0 Å². The van der Waals surface area contributed by atoms with Gasteiger partial charge < -0.3 is 18.9 Å². The van der Waals surface area contributed by atoms with Crippen LogP contribution in [0.3, 0.4) is 0 Å². The summed E-state index contributed by atoms with van der Waals surface area (Å²) in [5.41, 5.74) is 0.613. The molecule has 1 atom stereocenters. The van der Waals surface area contributed by atoms with Crippen molar-refractivity contribution in [3.05, 3.63) is 52.5 Å². The van der Waals surface area contributed by atoms with Crippen molar-refractivity contribution in [2.45, 2.75) is 33.8 Å². The first kappa shape index (κ1) is 22.6. The molecular formula is C22H25ClO6. The Bertz CT molecular complexity index is 820. The van der Waals surface area contributed by atoms with E-state index in [9.17, 15) is 9.59 Å². The highest BCUT2D eigenvalue weighted by Gasteiger charge is 2.23. The minimum Gasteiger partial charge on any atom is -0.490 e. The van der Waals surface area contributed by atoms with Gasteiger partial charge in [-0.1, -0.05) is 11.6 Å². The lowest BCUT2D eigenvalue weighted by Crippen LogP contribution is -2.24. The molecule has 0 aliphatic rings. The molecule has 0 N–H and O–H groups in total. The second-order valence-corrected chi connectivity index (χ2v) is 6.46. The number of benzene rings is 2. The summed E-state index contributed by atoms with van der Waals surface area (Å²) in [7, 11) is 0. The first-order chi connectivity index (χ1) is 13.9. The van der Waals surface area contributed by atoms with Gasteiger partial charge in [0.1, 0.15) is 0 Å². The molecule has 0 bridgehead atoms. The highest BCUT2D eigenvalue weighted by Crippen LogP contribution is 2.39. The van der Waals surface area contributed by atoms with Crippen LogP contribution in [0.4, 0.5) is 0 Å². The fourth-order valence-corrected chi connectivity index (χ4v) is 2.76. The lowest BCUT2D eigenvalue weighted by Gasteiger charge is -2.18. The zero-order valence-electron chi connectivity index (χ0n) is 17.0. The molecule has 0 heterocycles. The van der Waals surface area contributed by atoms with E-state index < -0.39 is 12.1 Å². The van der Waals surface area contributed by atoms with Crippen molar-refractivity contribution in [1.29, 1.82) is 0 Å². The van der Waals surface area contributed by atoms with Gasteiger partial charge in [-0.3, -0.25) is 4.79 Å². The molecule has 0 fully saturated rings. The molecule has 2 rings (SSSR count). The predicted octanol–water partition coefficient (Wildman–Crippen LogP) is 4.96. The zero-order valence-corrected chi connectivity index (χ0v) is 17.7. The smallest absolute Gasteiger partial charge is 0.339 e. The Morgan fingerprint density at radius 1 is 0.862 bits per heavy atom. The SMILES string of the molecule is CCOc1cc(C(=O)O[C@@H](C)C(=O)c2ccc(Cl)cc2)cc(OCC)c1OCC. The van der Waals surface area contributed by atoms with E-state index in [1.54, 1.807) is 24.3 Å². The van der Waals surface area contributed by atoms with Crippen LogP contribution in [0.1, 0.15) is 48.4 Å². The van der Waals surface area contributed by atoms with Crippen LogP contribution < -0.4 is 14.2 Å². The molecule has 0 saturated carbocycles. The fraction of sp³-hybridized carbons (Fsp3) is 0.364. The van der Waals surface area contributed by atoms with Crippen molar-refractivity contribution in [1.82, 2.24) is 0 Å². The molecule has 7 heteroatoms. The molecule has 0 unspecified atom stereocenters. The standard InChI is InChI=1S/C22H25ClO6/c1-5-26-18-12-16(13-19(27-6-2)21(18)28-7-3)22(25)29-14(4)20(24)15-8-10-17(23)11-9-15/h8-14H,5-7H2,1-4H3/t14-/m0/s1. The van der Waals surface area contributed by atoms with Crippen LogP contribution in [-0.4, -0.2) is 37.7 Å². The summed E-state index contributed by atoms with van der Waals surface area (Å²) in [6, 6.07) is 9.45. The van der Waals surface area contributed by atoms with Crippen molar-refractivity contribution in [3.8, 4) is 17.2 Å². The third-order valence-electron chi connectivity index (χ3n) is 3.93. The van der Waals surface area contributed by atoms with E-state index in [1.807, 2.05) is 20.8 Å². The van der Waals surface area contributed by atoms with Crippen LogP contribution in [-0.2, 0) is 4.74 Å². The van der Waals surface area contributed by atoms with Gasteiger partial charge in [0, 0.05) is 10.6 Å². The van der Waals surface area contributed by atoms with E-state index in [0.717, 1.165) is 0 Å². The third kappa shape index (κ3) is 5.87. The summed E-state index contributed by atoms with van der Waals surface area (Å²) in [5.74, 6) is 0.201. The minimum atomic E-state index is -0.971. The average molecular weight is 421 g/mol. The summed E-state index contributed by atoms with van der Waals surface area (Å²) in [6.07, 6.45) is -0.971. The molecule has 0 radical (unpaired) electrons. The Hall–Kier alpha value is -2.73. The van der Waals surface area contributed by atoms with Crippen LogP contribution in [0.15, 0.2) is 36.4 Å². The molecule has 2 aromatic carbocycles. The molecule has 0 aliphatic carbocycles. The Morgan fingerprint density at radius 3 is 1.86 bits per heavy atom. The van der Waals surface area contributed by atoms with Gasteiger partial charge in [0.2, 0.25) is 11.5 Å². The highest BCUT2D eigenvalue weighted by atomic mass is 35.5. The molecule has 0 aromatic heterocycles. The Morgan fingerprint density at radius 2 is 1.38 bits per heavy atom. The van der Waals surface area contributed by atoms with Crippen LogP contribution in [0.2, 0.25) is 5.02 Å². The Balaban J connectivity index is 2.26. The maximum absolute atomic E-state index is 12.7. The molecule has 0 spiro atoms. The van der Waals surface area contributed by atoms with Crippen molar-refractivity contribution >= 4 is 23.4 Å². The van der Waals surface area contributed by atoms with E-state index >= 15 is 0 Å². The van der Waals surface area contributed by atoms with Gasteiger partial charge in [-0.2, -0.15) is 0 Å². The molecule has 0 saturated heterocycles. The van der Waals surface area contributed by atoms with Gasteiger partial charge in [-0.05, 0) is 64.1 Å². The van der Waals surface area contributed by atoms with Gasteiger partial charge >= 0.3 is 5.97 Å². The minimum absolute atomic E-state index is 0.205. The van der Waals surface area contributed by atoms with Gasteiger partial charge in [-0.25, -0.2) is 4.79 Å². The van der Waals surface area contributed by atoms with Crippen molar-refractivity contribution in [2.75, 3.05) is 19.8 Å². The number of hydrogen-bond acceptors (Lipinski definition) is 6. The predicted molar refractivity (Wildman–Crippen MR) is 111 cm³/mol. The van der Waals surface area contributed by atoms with E-state index in [4.69, 9.17) is 30.5 Å². The topological polar surface area (TPSA) is 71.1 Å². The molecule has 0 amide bonds. The van der Waals surface area contributed by atoms with Crippen molar-refractivity contribution < 1.29 is 28.5 Å². The van der Waals surface area contributed by atoms with Crippen LogP contribution >= 0.6 is 11.6 Å². The van der Waals surface area contributed by atoms with E-state index in [2.05, 4.69) is 0 Å². The van der Waals surface area contributed by atoms with Gasteiger partial charge in [0.05, 0.1) is 25.4 Å². The number of ether oxygens (including phenoxy) is 4. The molecule has 6 nitrogen and oxygen atoms in total. The molecule has 29 heavy (non-hydrogen) atoms. The second-order valence-electron chi connectivity index (χ2n) is 6.02. The first-order valence-corrected chi connectivity index (χ1v) is 9.86. The van der Waals surface area contributed by atoms with E-state index in [-0.39, 0.29) is 11.3 Å². The quantitative estimate of drug-likeness (QED) is 0.399. The first-order valence-electron chi connectivity index (χ1n) is 9.48. The maximum atomic E-state index is 12.7.